The second-order valence-corrected chi connectivity index (χ2v) is 8.65. The minimum atomic E-state index is -3.38. The zero-order valence-corrected chi connectivity index (χ0v) is 17.0. The molecule has 25 heavy (non-hydrogen) atoms. The van der Waals surface area contributed by atoms with Crippen LogP contribution in [0.4, 0.5) is 5.69 Å². The van der Waals surface area contributed by atoms with Gasteiger partial charge in [0.2, 0.25) is 10.0 Å². The molecule has 5 nitrogen and oxygen atoms in total. The van der Waals surface area contributed by atoms with Gasteiger partial charge in [0.05, 0.1) is 23.1 Å². The topological polar surface area (TPSA) is 78.4 Å². The fraction of sp³-hybridized carbons (Fsp3) is 0.667. The molecule has 3 N–H and O–H groups in total. The minimum absolute atomic E-state index is 0.272. The second-order valence-electron chi connectivity index (χ2n) is 6.49. The Bertz CT molecular complexity index is 623. The molecule has 0 saturated heterocycles. The molecule has 7 heteroatoms. The Labute approximate surface area is 157 Å². The second kappa shape index (κ2) is 11.0. The lowest BCUT2D eigenvalue weighted by molar-refractivity contribution is 0.168. The van der Waals surface area contributed by atoms with Crippen LogP contribution in [0.2, 0.25) is 5.02 Å². The molecule has 0 aliphatic rings. The first kappa shape index (κ1) is 22.2. The van der Waals surface area contributed by atoms with Gasteiger partial charge >= 0.3 is 0 Å². The molecule has 0 aliphatic carbocycles. The van der Waals surface area contributed by atoms with Crippen LogP contribution in [-0.2, 0) is 10.0 Å². The Morgan fingerprint density at radius 1 is 1.20 bits per heavy atom. The Balaban J connectivity index is 2.56. The van der Waals surface area contributed by atoms with E-state index >= 15 is 0 Å². The van der Waals surface area contributed by atoms with E-state index in [0.29, 0.717) is 23.8 Å². The molecule has 0 amide bonds. The summed E-state index contributed by atoms with van der Waals surface area (Å²) in [7, 11) is -3.38. The van der Waals surface area contributed by atoms with Crippen molar-refractivity contribution in [2.24, 2.45) is 0 Å². The van der Waals surface area contributed by atoms with Crippen LogP contribution in [0.15, 0.2) is 18.2 Å². The third-order valence-corrected chi connectivity index (χ3v) is 5.08. The van der Waals surface area contributed by atoms with E-state index in [1.165, 1.54) is 25.7 Å². The normalized spacial score (nSPS) is 14.3. The summed E-state index contributed by atoms with van der Waals surface area (Å²) in [5.74, 6) is 0. The molecule has 1 aromatic rings. The third kappa shape index (κ3) is 8.90. The van der Waals surface area contributed by atoms with Crippen molar-refractivity contribution >= 4 is 27.3 Å². The highest BCUT2D eigenvalue weighted by atomic mass is 35.5. The Kier molecular flexibility index (Phi) is 9.79. The molecule has 1 rings (SSSR count). The zero-order chi connectivity index (χ0) is 18.9. The first-order valence-electron chi connectivity index (χ1n) is 8.95. The molecule has 0 spiro atoms. The van der Waals surface area contributed by atoms with Crippen LogP contribution in [0.25, 0.3) is 0 Å². The summed E-state index contributed by atoms with van der Waals surface area (Å²) in [4.78, 5) is 0. The van der Waals surface area contributed by atoms with Crippen molar-refractivity contribution in [3.63, 3.8) is 0 Å². The number of nitrogens with one attached hydrogen (secondary N) is 2. The van der Waals surface area contributed by atoms with Crippen molar-refractivity contribution in [2.75, 3.05) is 17.5 Å². The van der Waals surface area contributed by atoms with Gasteiger partial charge in [0.25, 0.3) is 0 Å². The summed E-state index contributed by atoms with van der Waals surface area (Å²) < 4.78 is 24.9. The van der Waals surface area contributed by atoms with Crippen molar-refractivity contribution in [2.45, 2.75) is 64.5 Å². The van der Waals surface area contributed by atoms with E-state index in [2.05, 4.69) is 23.9 Å². The van der Waals surface area contributed by atoms with Crippen molar-refractivity contribution in [1.29, 1.82) is 0 Å². The molecule has 0 aliphatic heterocycles. The first-order valence-corrected chi connectivity index (χ1v) is 11.2. The van der Waals surface area contributed by atoms with Crippen molar-refractivity contribution in [3.05, 3.63) is 28.8 Å². The highest BCUT2D eigenvalue weighted by molar-refractivity contribution is 7.92. The van der Waals surface area contributed by atoms with Crippen molar-refractivity contribution < 1.29 is 13.5 Å². The van der Waals surface area contributed by atoms with Gasteiger partial charge in [0, 0.05) is 12.6 Å². The summed E-state index contributed by atoms with van der Waals surface area (Å²) in [6, 6.07) is 5.26. The number of benzene rings is 1. The SMILES string of the molecule is CCCCCCC(CC)NCC(O)c1ccc(NS(C)(=O)=O)c(Cl)c1. The van der Waals surface area contributed by atoms with E-state index in [1.54, 1.807) is 18.2 Å². The van der Waals surface area contributed by atoms with Crippen LogP contribution < -0.4 is 10.0 Å². The van der Waals surface area contributed by atoms with E-state index in [9.17, 15) is 13.5 Å². The average Bonchev–Trinajstić information content (AvgIpc) is 2.54. The van der Waals surface area contributed by atoms with Crippen LogP contribution in [0, 0.1) is 0 Å². The number of rotatable bonds is 12. The van der Waals surface area contributed by atoms with E-state index < -0.39 is 16.1 Å². The highest BCUT2D eigenvalue weighted by Gasteiger charge is 2.14. The lowest BCUT2D eigenvalue weighted by Gasteiger charge is -2.20. The average molecular weight is 391 g/mol. The Hall–Kier alpha value is -0.820. The van der Waals surface area contributed by atoms with Gasteiger partial charge in [-0.05, 0) is 30.5 Å². The van der Waals surface area contributed by atoms with Crippen LogP contribution in [-0.4, -0.2) is 32.4 Å². The molecule has 2 atom stereocenters. The molecule has 144 valence electrons. The fourth-order valence-electron chi connectivity index (χ4n) is 2.69. The molecular weight excluding hydrogens is 360 g/mol. The first-order chi connectivity index (χ1) is 11.8. The minimum Gasteiger partial charge on any atom is -0.387 e. The van der Waals surface area contributed by atoms with Gasteiger partial charge in [-0.15, -0.1) is 0 Å². The van der Waals surface area contributed by atoms with Crippen LogP contribution >= 0.6 is 11.6 Å². The summed E-state index contributed by atoms with van der Waals surface area (Å²) >= 11 is 6.11. The predicted octanol–water partition coefficient (Wildman–Crippen LogP) is 4.08. The van der Waals surface area contributed by atoms with Gasteiger partial charge in [0.1, 0.15) is 0 Å². The van der Waals surface area contributed by atoms with Crippen LogP contribution in [0.3, 0.4) is 0 Å². The number of unbranched alkanes of at least 4 members (excludes halogenated alkanes) is 3. The number of aliphatic hydroxyl groups excluding tert-OH is 1. The molecule has 0 radical (unpaired) electrons. The van der Waals surface area contributed by atoms with E-state index in [4.69, 9.17) is 11.6 Å². The molecule has 0 bridgehead atoms. The van der Waals surface area contributed by atoms with Crippen molar-refractivity contribution in [3.8, 4) is 0 Å². The Morgan fingerprint density at radius 2 is 1.92 bits per heavy atom. The number of halogens is 1. The van der Waals surface area contributed by atoms with Gasteiger partial charge in [-0.25, -0.2) is 8.42 Å². The van der Waals surface area contributed by atoms with Gasteiger partial charge in [-0.2, -0.15) is 0 Å². The lowest BCUT2D eigenvalue weighted by Crippen LogP contribution is -2.32. The number of aliphatic hydroxyl groups is 1. The maximum atomic E-state index is 11.3. The van der Waals surface area contributed by atoms with Crippen molar-refractivity contribution in [1.82, 2.24) is 5.32 Å². The predicted molar refractivity (Wildman–Crippen MR) is 106 cm³/mol. The molecular formula is C18H31ClN2O3S. The zero-order valence-electron chi connectivity index (χ0n) is 15.4. The van der Waals surface area contributed by atoms with Gasteiger partial charge in [-0.1, -0.05) is 57.2 Å². The molecule has 1 aromatic carbocycles. The monoisotopic (exact) mass is 390 g/mol. The number of anilines is 1. The van der Waals surface area contributed by atoms with Crippen LogP contribution in [0.5, 0.6) is 0 Å². The third-order valence-electron chi connectivity index (χ3n) is 4.17. The molecule has 0 fully saturated rings. The highest BCUT2D eigenvalue weighted by Crippen LogP contribution is 2.26. The molecule has 0 saturated carbocycles. The van der Waals surface area contributed by atoms with Crippen LogP contribution in [0.1, 0.15) is 64.0 Å². The summed E-state index contributed by atoms with van der Waals surface area (Å²) in [5.41, 5.74) is 0.979. The molecule has 0 heterocycles. The van der Waals surface area contributed by atoms with E-state index in [0.717, 1.165) is 19.1 Å². The van der Waals surface area contributed by atoms with E-state index in [-0.39, 0.29) is 5.02 Å². The van der Waals surface area contributed by atoms with Gasteiger partial charge < -0.3 is 10.4 Å². The quantitative estimate of drug-likeness (QED) is 0.470. The molecule has 0 aromatic heterocycles. The standard InChI is InChI=1S/C18H31ClN2O3S/c1-4-6-7-8-9-15(5-2)20-13-18(22)14-10-11-17(16(19)12-14)21-25(3,23)24/h10-12,15,18,20-22H,4-9,13H2,1-3H3. The number of hydrogen-bond donors (Lipinski definition) is 3. The van der Waals surface area contributed by atoms with E-state index in [1.807, 2.05) is 0 Å². The number of hydrogen-bond acceptors (Lipinski definition) is 4. The Morgan fingerprint density at radius 3 is 2.48 bits per heavy atom. The summed E-state index contributed by atoms with van der Waals surface area (Å²) in [6.45, 7) is 4.79. The largest absolute Gasteiger partial charge is 0.387 e. The smallest absolute Gasteiger partial charge is 0.229 e. The summed E-state index contributed by atoms with van der Waals surface area (Å²) in [5, 5.41) is 14.0. The van der Waals surface area contributed by atoms with Gasteiger partial charge in [-0.3, -0.25) is 4.72 Å². The summed E-state index contributed by atoms with van der Waals surface area (Å²) in [6.07, 6.45) is 7.47. The number of sulfonamides is 1. The fourth-order valence-corrected chi connectivity index (χ4v) is 3.56. The maximum Gasteiger partial charge on any atom is 0.229 e. The van der Waals surface area contributed by atoms with Gasteiger partial charge in [0.15, 0.2) is 0 Å². The lowest BCUT2D eigenvalue weighted by atomic mass is 10.0. The molecule has 2 unspecified atom stereocenters. The maximum absolute atomic E-state index is 11.3.